The maximum absolute atomic E-state index is 13.5. The second-order valence-electron chi connectivity index (χ2n) is 7.42. The molecular formula is C21H22FN2Pb. The molecule has 1 fully saturated rings. The summed E-state index contributed by atoms with van der Waals surface area (Å²) in [6.07, 6.45) is 1.15. The van der Waals surface area contributed by atoms with E-state index in [0.717, 1.165) is 25.2 Å². The minimum absolute atomic E-state index is 0.139. The second-order valence-corrected chi connectivity index (χ2v) is 9.37. The van der Waals surface area contributed by atoms with E-state index in [9.17, 15) is 4.39 Å². The van der Waals surface area contributed by atoms with Crippen LogP contribution in [0.3, 0.4) is 0 Å². The number of fused-ring (bicyclic) bond motifs is 1. The van der Waals surface area contributed by atoms with Crippen molar-refractivity contribution >= 4 is 36.7 Å². The molecule has 0 unspecified atom stereocenters. The summed E-state index contributed by atoms with van der Waals surface area (Å²) in [7, 11) is 2.17. The van der Waals surface area contributed by atoms with Crippen molar-refractivity contribution in [3.05, 3.63) is 65.6 Å². The fraction of sp³-hybridized carbons (Fsp3) is 0.333. The van der Waals surface area contributed by atoms with Crippen molar-refractivity contribution in [2.75, 3.05) is 20.1 Å². The van der Waals surface area contributed by atoms with Crippen molar-refractivity contribution in [2.24, 2.45) is 0 Å². The first-order chi connectivity index (χ1) is 12.0. The first-order valence-electron chi connectivity index (χ1n) is 8.75. The average Bonchev–Trinajstić information content (AvgIpc) is 2.96. The molecule has 0 spiro atoms. The van der Waals surface area contributed by atoms with Gasteiger partial charge in [0.2, 0.25) is 0 Å². The van der Waals surface area contributed by atoms with E-state index in [1.807, 2.05) is 12.1 Å². The third kappa shape index (κ3) is 2.95. The molecule has 1 aromatic heterocycles. The molecule has 4 heteroatoms. The van der Waals surface area contributed by atoms with Gasteiger partial charge in [-0.3, -0.25) is 0 Å². The van der Waals surface area contributed by atoms with E-state index in [-0.39, 0.29) is 11.2 Å². The van der Waals surface area contributed by atoms with Crippen LogP contribution in [-0.2, 0) is 11.8 Å². The van der Waals surface area contributed by atoms with Crippen LogP contribution in [0.4, 0.5) is 4.39 Å². The summed E-state index contributed by atoms with van der Waals surface area (Å²) in [5.41, 5.74) is 5.20. The van der Waals surface area contributed by atoms with Crippen LogP contribution in [0.1, 0.15) is 18.2 Å². The molecule has 2 aromatic carbocycles. The van der Waals surface area contributed by atoms with Gasteiger partial charge in [-0.2, -0.15) is 0 Å². The fourth-order valence-electron chi connectivity index (χ4n) is 4.26. The Morgan fingerprint density at radius 3 is 2.48 bits per heavy atom. The van der Waals surface area contributed by atoms with Crippen LogP contribution in [-0.4, -0.2) is 55.4 Å². The van der Waals surface area contributed by atoms with Crippen molar-refractivity contribution in [1.29, 1.82) is 0 Å². The molecule has 25 heavy (non-hydrogen) atoms. The molecule has 0 saturated carbocycles. The van der Waals surface area contributed by atoms with Gasteiger partial charge in [0, 0.05) is 0 Å². The van der Waals surface area contributed by atoms with E-state index < -0.39 is 0 Å². The number of hydrogen-bond donors (Lipinski definition) is 0. The number of likely N-dealkylation sites (N-methyl/N-ethyl adjacent to an activating group) is 1. The molecule has 3 radical (unpaired) electrons. The van der Waals surface area contributed by atoms with Gasteiger partial charge in [-0.05, 0) is 0 Å². The van der Waals surface area contributed by atoms with Gasteiger partial charge in [0.05, 0.1) is 0 Å². The molecule has 0 N–H and O–H groups in total. The Balaban J connectivity index is 1.97. The van der Waals surface area contributed by atoms with E-state index in [4.69, 9.17) is 0 Å². The normalized spacial score (nSPS) is 17.0. The molecule has 1 aliphatic rings. The summed E-state index contributed by atoms with van der Waals surface area (Å²) in [5, 5.41) is 1.36. The molecule has 4 rings (SSSR count). The van der Waals surface area contributed by atoms with Gasteiger partial charge >= 0.3 is 165 Å². The molecule has 1 saturated heterocycles. The number of likely N-dealkylation sites (tertiary alicyclic amines) is 1. The van der Waals surface area contributed by atoms with Crippen LogP contribution in [0, 0.1) is 5.82 Å². The van der Waals surface area contributed by atoms with Gasteiger partial charge in [0.1, 0.15) is 0 Å². The van der Waals surface area contributed by atoms with Gasteiger partial charge in [-0.15, -0.1) is 0 Å². The van der Waals surface area contributed by atoms with Gasteiger partial charge in [0.15, 0.2) is 0 Å². The van der Waals surface area contributed by atoms with Gasteiger partial charge in [0.25, 0.3) is 0 Å². The summed E-state index contributed by atoms with van der Waals surface area (Å²) in [6, 6.07) is 15.9. The van der Waals surface area contributed by atoms with Crippen LogP contribution in [0.2, 0.25) is 3.98 Å². The van der Waals surface area contributed by atoms with E-state index in [1.54, 1.807) is 12.1 Å². The number of halogens is 1. The number of hydrogen-bond acceptors (Lipinski definition) is 1. The zero-order valence-corrected chi connectivity index (χ0v) is 18.6. The van der Waals surface area contributed by atoms with Crippen molar-refractivity contribution in [1.82, 2.24) is 9.47 Å². The number of benzene rings is 2. The fourth-order valence-corrected chi connectivity index (χ4v) is 5.31. The van der Waals surface area contributed by atoms with Gasteiger partial charge in [-0.25, -0.2) is 0 Å². The Hall–Kier alpha value is -1.21. The number of aryl methyl sites for hydroxylation is 1. The standard InChI is InChI=1S/C21H22FN2.Pb/c1-4-15-6-5-7-19-18(15)12-20(21(2)13-23(3)14-21)24(19)17-10-8-16(22)9-11-17;/h5-12H,1,4,13-14H2,2-3H3;. The molecule has 127 valence electrons. The van der Waals surface area contributed by atoms with Crippen LogP contribution in [0.25, 0.3) is 16.6 Å². The summed E-state index contributed by atoms with van der Waals surface area (Å²) in [5.74, 6) is -0.187. The topological polar surface area (TPSA) is 8.17 Å². The Morgan fingerprint density at radius 1 is 1.12 bits per heavy atom. The number of aromatic nitrogens is 1. The second kappa shape index (κ2) is 6.50. The van der Waals surface area contributed by atoms with E-state index >= 15 is 0 Å². The molecule has 2 heterocycles. The van der Waals surface area contributed by atoms with Gasteiger partial charge in [-0.1, -0.05) is 0 Å². The van der Waals surface area contributed by atoms with Crippen LogP contribution in [0.5, 0.6) is 0 Å². The van der Waals surface area contributed by atoms with Crippen LogP contribution >= 0.6 is 0 Å². The Labute approximate surface area is 164 Å². The van der Waals surface area contributed by atoms with Crippen molar-refractivity contribution in [3.8, 4) is 5.69 Å². The number of nitrogens with zero attached hydrogens (tertiary/aromatic N) is 2. The Morgan fingerprint density at radius 2 is 1.84 bits per heavy atom. The molecule has 0 amide bonds. The first kappa shape index (κ1) is 17.2. The zero-order valence-electron chi connectivity index (χ0n) is 14.7. The molecule has 0 atom stereocenters. The van der Waals surface area contributed by atoms with E-state index in [0.29, 0.717) is 0 Å². The molecule has 3 aromatic rings. The van der Waals surface area contributed by atoms with Crippen LogP contribution in [0.15, 0.2) is 48.5 Å². The quantitative estimate of drug-likeness (QED) is 0.463. The monoisotopic (exact) mass is 529 g/mol. The predicted molar refractivity (Wildman–Crippen MR) is 102 cm³/mol. The summed E-state index contributed by atoms with van der Waals surface area (Å²) < 4.78 is 17.1. The van der Waals surface area contributed by atoms with Crippen LogP contribution < -0.4 is 0 Å². The van der Waals surface area contributed by atoms with Crippen molar-refractivity contribution in [2.45, 2.75) is 22.7 Å². The van der Waals surface area contributed by atoms with Crippen molar-refractivity contribution < 1.29 is 4.39 Å². The maximum atomic E-state index is 13.5. The third-order valence-electron chi connectivity index (χ3n) is 5.27. The van der Waals surface area contributed by atoms with E-state index in [2.05, 4.69) is 47.7 Å². The summed E-state index contributed by atoms with van der Waals surface area (Å²) in [4.78, 5) is 2.35. The van der Waals surface area contributed by atoms with E-state index in [1.165, 1.54) is 51.9 Å². The summed E-state index contributed by atoms with van der Waals surface area (Å²) >= 11 is 1.22. The Bertz CT molecular complexity index is 908. The van der Waals surface area contributed by atoms with Crippen molar-refractivity contribution in [3.63, 3.8) is 0 Å². The van der Waals surface area contributed by atoms with Gasteiger partial charge < -0.3 is 0 Å². The zero-order chi connectivity index (χ0) is 17.6. The molecule has 2 nitrogen and oxygen atoms in total. The molecular weight excluding hydrogens is 506 g/mol. The molecule has 0 bridgehead atoms. The molecule has 1 aliphatic heterocycles. The predicted octanol–water partition coefficient (Wildman–Crippen LogP) is 4.10. The first-order valence-corrected chi connectivity index (χ1v) is 11.5. The average molecular weight is 529 g/mol. The third-order valence-corrected chi connectivity index (χ3v) is 6.24. The molecule has 0 aliphatic carbocycles. The minimum atomic E-state index is -0.187. The summed E-state index contributed by atoms with van der Waals surface area (Å²) in [6.45, 7) is 4.45. The number of rotatable bonds is 4. The Kier molecular flexibility index (Phi) is 4.48. The SMILES string of the molecule is CN1CC(C)(c2cc3c(C[CH2][Pb])cccc3n2-c2ccc(F)cc2)C1.